The van der Waals surface area contributed by atoms with Gasteiger partial charge in [0, 0.05) is 13.2 Å². The van der Waals surface area contributed by atoms with E-state index in [2.05, 4.69) is 29.7 Å². The summed E-state index contributed by atoms with van der Waals surface area (Å²) in [4.78, 5) is 0. The molecule has 1 aromatic rings. The zero-order valence-corrected chi connectivity index (χ0v) is 16.6. The Labute approximate surface area is 161 Å². The average molecular weight is 380 g/mol. The zero-order valence-electron chi connectivity index (χ0n) is 15.8. The quantitative estimate of drug-likeness (QED) is 0.391. The Morgan fingerprint density at radius 1 is 1.38 bits per heavy atom. The van der Waals surface area contributed by atoms with Crippen LogP contribution >= 0.6 is 12.2 Å². The van der Waals surface area contributed by atoms with Gasteiger partial charge in [-0.05, 0) is 61.7 Å². The number of hydrogen-bond acceptors (Lipinski definition) is 5. The minimum absolute atomic E-state index is 0.242. The summed E-state index contributed by atoms with van der Waals surface area (Å²) >= 11 is 5.21. The van der Waals surface area contributed by atoms with Crippen LogP contribution in [0.5, 0.6) is 11.5 Å². The van der Waals surface area contributed by atoms with Crippen molar-refractivity contribution in [1.29, 1.82) is 0 Å². The monoisotopic (exact) mass is 379 g/mol. The maximum absolute atomic E-state index is 5.80. The molecule has 1 atom stereocenters. The second kappa shape index (κ2) is 11.0. The number of nitrogens with one attached hydrogen (secondary N) is 2. The summed E-state index contributed by atoms with van der Waals surface area (Å²) in [7, 11) is 0. The molecule has 0 radical (unpaired) electrons. The van der Waals surface area contributed by atoms with Crippen molar-refractivity contribution in [2.75, 3.05) is 26.4 Å². The highest BCUT2D eigenvalue weighted by molar-refractivity contribution is 7.80. The van der Waals surface area contributed by atoms with Gasteiger partial charge in [-0.1, -0.05) is 13.8 Å². The van der Waals surface area contributed by atoms with E-state index in [1.165, 1.54) is 0 Å². The van der Waals surface area contributed by atoms with E-state index in [1.807, 2.05) is 25.1 Å². The van der Waals surface area contributed by atoms with E-state index in [4.69, 9.17) is 26.4 Å². The minimum atomic E-state index is 0.242. The van der Waals surface area contributed by atoms with Crippen LogP contribution in [0.15, 0.2) is 23.3 Å². The van der Waals surface area contributed by atoms with Crippen molar-refractivity contribution in [2.24, 2.45) is 11.0 Å². The Bertz CT molecular complexity index is 602. The van der Waals surface area contributed by atoms with E-state index in [0.717, 1.165) is 36.5 Å². The molecule has 0 amide bonds. The lowest BCUT2D eigenvalue weighted by atomic mass is 10.2. The number of benzene rings is 1. The van der Waals surface area contributed by atoms with E-state index in [-0.39, 0.29) is 6.10 Å². The topological polar surface area (TPSA) is 64.1 Å². The highest BCUT2D eigenvalue weighted by atomic mass is 32.1. The summed E-state index contributed by atoms with van der Waals surface area (Å²) in [6.45, 7) is 8.95. The van der Waals surface area contributed by atoms with E-state index in [1.54, 1.807) is 6.21 Å². The molecule has 0 bridgehead atoms. The summed E-state index contributed by atoms with van der Waals surface area (Å²) in [5.41, 5.74) is 3.73. The highest BCUT2D eigenvalue weighted by Crippen LogP contribution is 2.28. The van der Waals surface area contributed by atoms with Gasteiger partial charge in [0.2, 0.25) is 0 Å². The van der Waals surface area contributed by atoms with Crippen molar-refractivity contribution in [3.63, 3.8) is 0 Å². The van der Waals surface area contributed by atoms with Gasteiger partial charge in [0.1, 0.15) is 0 Å². The van der Waals surface area contributed by atoms with Crippen molar-refractivity contribution in [1.82, 2.24) is 10.7 Å². The average Bonchev–Trinajstić information content (AvgIpc) is 3.13. The third kappa shape index (κ3) is 7.17. The molecule has 6 nitrogen and oxygen atoms in total. The number of hydrazone groups is 1. The standard InChI is InChI=1S/C19H29N3O3S/c1-4-23-18-10-15(7-8-17(18)25-13-14(2)3)11-21-22-19(26)20-12-16-6-5-9-24-16/h7-8,10-11,14,16H,4-6,9,12-13H2,1-3H3,(H2,20,22,26)/b21-11-/t16-/m1/s1. The molecule has 0 saturated carbocycles. The molecule has 0 aromatic heterocycles. The molecule has 1 saturated heterocycles. The fourth-order valence-electron chi connectivity index (χ4n) is 2.47. The largest absolute Gasteiger partial charge is 0.490 e. The molecule has 1 aliphatic heterocycles. The minimum Gasteiger partial charge on any atom is -0.490 e. The van der Waals surface area contributed by atoms with E-state index >= 15 is 0 Å². The Kier molecular flexibility index (Phi) is 8.64. The Morgan fingerprint density at radius 3 is 2.92 bits per heavy atom. The van der Waals surface area contributed by atoms with Gasteiger partial charge >= 0.3 is 0 Å². The van der Waals surface area contributed by atoms with Crippen molar-refractivity contribution >= 4 is 23.5 Å². The number of ether oxygens (including phenoxy) is 3. The van der Waals surface area contributed by atoms with Gasteiger partial charge in [-0.15, -0.1) is 0 Å². The summed E-state index contributed by atoms with van der Waals surface area (Å²) in [5.74, 6) is 1.92. The molecule has 144 valence electrons. The smallest absolute Gasteiger partial charge is 0.187 e. The van der Waals surface area contributed by atoms with Crippen LogP contribution in [-0.4, -0.2) is 43.8 Å². The molecule has 1 heterocycles. The third-order valence-electron chi connectivity index (χ3n) is 3.73. The van der Waals surface area contributed by atoms with Crippen LogP contribution in [0.25, 0.3) is 0 Å². The molecule has 26 heavy (non-hydrogen) atoms. The van der Waals surface area contributed by atoms with Crippen LogP contribution in [0.2, 0.25) is 0 Å². The molecule has 1 fully saturated rings. The zero-order chi connectivity index (χ0) is 18.8. The second-order valence-electron chi connectivity index (χ2n) is 6.56. The van der Waals surface area contributed by atoms with Crippen LogP contribution in [0.3, 0.4) is 0 Å². The first kappa shape index (κ1) is 20.5. The maximum Gasteiger partial charge on any atom is 0.187 e. The van der Waals surface area contributed by atoms with Gasteiger partial charge in [0.15, 0.2) is 16.6 Å². The molecular weight excluding hydrogens is 350 g/mol. The van der Waals surface area contributed by atoms with Crippen molar-refractivity contribution in [3.05, 3.63) is 23.8 Å². The lowest BCUT2D eigenvalue weighted by Gasteiger charge is -2.14. The predicted molar refractivity (Wildman–Crippen MR) is 108 cm³/mol. The Hall–Kier alpha value is -1.86. The number of rotatable bonds is 9. The Balaban J connectivity index is 1.85. The van der Waals surface area contributed by atoms with Crippen molar-refractivity contribution < 1.29 is 14.2 Å². The molecule has 1 aromatic carbocycles. The SMILES string of the molecule is CCOc1cc(/C=N\NC(=S)NC[C@H]2CCCO2)ccc1OCC(C)C. The normalized spacial score (nSPS) is 16.8. The van der Waals surface area contributed by atoms with E-state index in [0.29, 0.717) is 30.8 Å². The van der Waals surface area contributed by atoms with Gasteiger partial charge in [0.05, 0.1) is 25.5 Å². The maximum atomic E-state index is 5.80. The van der Waals surface area contributed by atoms with Crippen molar-refractivity contribution in [3.8, 4) is 11.5 Å². The first-order chi connectivity index (χ1) is 12.6. The molecule has 2 rings (SSSR count). The number of hydrogen-bond donors (Lipinski definition) is 2. The Morgan fingerprint density at radius 2 is 2.23 bits per heavy atom. The van der Waals surface area contributed by atoms with Gasteiger partial charge < -0.3 is 19.5 Å². The van der Waals surface area contributed by atoms with E-state index in [9.17, 15) is 0 Å². The molecular formula is C19H29N3O3S. The molecule has 1 aliphatic rings. The van der Waals surface area contributed by atoms with Gasteiger partial charge in [-0.2, -0.15) is 5.10 Å². The second-order valence-corrected chi connectivity index (χ2v) is 6.97. The van der Waals surface area contributed by atoms with Crippen LogP contribution in [0, 0.1) is 5.92 Å². The summed E-state index contributed by atoms with van der Waals surface area (Å²) in [6, 6.07) is 5.75. The first-order valence-corrected chi connectivity index (χ1v) is 9.57. The lowest BCUT2D eigenvalue weighted by Crippen LogP contribution is -2.37. The van der Waals surface area contributed by atoms with Gasteiger partial charge in [-0.3, -0.25) is 5.43 Å². The summed E-state index contributed by atoms with van der Waals surface area (Å²) < 4.78 is 17.0. The number of nitrogens with zero attached hydrogens (tertiary/aromatic N) is 1. The fourth-order valence-corrected chi connectivity index (χ4v) is 2.60. The van der Waals surface area contributed by atoms with Gasteiger partial charge in [-0.25, -0.2) is 0 Å². The van der Waals surface area contributed by atoms with Crippen LogP contribution < -0.4 is 20.2 Å². The lowest BCUT2D eigenvalue weighted by molar-refractivity contribution is 0.114. The molecule has 0 aliphatic carbocycles. The first-order valence-electron chi connectivity index (χ1n) is 9.16. The van der Waals surface area contributed by atoms with E-state index < -0.39 is 0 Å². The third-order valence-corrected chi connectivity index (χ3v) is 3.97. The van der Waals surface area contributed by atoms with Crippen LogP contribution in [0.4, 0.5) is 0 Å². The van der Waals surface area contributed by atoms with Crippen LogP contribution in [-0.2, 0) is 4.74 Å². The molecule has 0 unspecified atom stereocenters. The highest BCUT2D eigenvalue weighted by Gasteiger charge is 2.15. The summed E-state index contributed by atoms with van der Waals surface area (Å²) in [5, 5.41) is 7.78. The van der Waals surface area contributed by atoms with Crippen molar-refractivity contribution in [2.45, 2.75) is 39.7 Å². The molecule has 7 heteroatoms. The molecule has 0 spiro atoms. The summed E-state index contributed by atoms with van der Waals surface area (Å²) in [6.07, 6.45) is 4.13. The van der Waals surface area contributed by atoms with Crippen LogP contribution in [0.1, 0.15) is 39.2 Å². The van der Waals surface area contributed by atoms with Gasteiger partial charge in [0.25, 0.3) is 0 Å². The fraction of sp³-hybridized carbons (Fsp3) is 0.579. The predicted octanol–water partition coefficient (Wildman–Crippen LogP) is 3.10. The molecule has 2 N–H and O–H groups in total. The number of thiocarbonyl (C=S) groups is 1.